The fourth-order valence-corrected chi connectivity index (χ4v) is 2.84. The highest BCUT2D eigenvalue weighted by atomic mass is 16.1. The Morgan fingerprint density at radius 1 is 1.50 bits per heavy atom. The molecule has 1 aliphatic rings. The summed E-state index contributed by atoms with van der Waals surface area (Å²) in [4.78, 5) is 20.1. The number of amides is 1. The molecule has 0 aliphatic carbocycles. The van der Waals surface area contributed by atoms with Gasteiger partial charge in [0.15, 0.2) is 0 Å². The highest BCUT2D eigenvalue weighted by Crippen LogP contribution is 2.24. The molecule has 0 saturated carbocycles. The zero-order valence-electron chi connectivity index (χ0n) is 12.8. The van der Waals surface area contributed by atoms with Crippen LogP contribution in [0.5, 0.6) is 0 Å². The summed E-state index contributed by atoms with van der Waals surface area (Å²) in [6.07, 6.45) is 3.84. The minimum Gasteiger partial charge on any atom is -0.369 e. The van der Waals surface area contributed by atoms with Crippen molar-refractivity contribution in [1.29, 1.82) is 0 Å². The third kappa shape index (κ3) is 2.95. The van der Waals surface area contributed by atoms with Gasteiger partial charge in [-0.1, -0.05) is 0 Å². The fraction of sp³-hybridized carbons (Fsp3) is 0.714. The van der Waals surface area contributed by atoms with Crippen LogP contribution in [0.1, 0.15) is 25.5 Å². The highest BCUT2D eigenvalue weighted by molar-refractivity contribution is 5.76. The van der Waals surface area contributed by atoms with Crippen molar-refractivity contribution in [3.8, 4) is 0 Å². The van der Waals surface area contributed by atoms with Crippen molar-refractivity contribution in [2.75, 3.05) is 25.5 Å². The average molecular weight is 279 g/mol. The molecule has 2 heterocycles. The van der Waals surface area contributed by atoms with Crippen molar-refractivity contribution in [3.63, 3.8) is 0 Å². The maximum absolute atomic E-state index is 11.4. The summed E-state index contributed by atoms with van der Waals surface area (Å²) in [5.41, 5.74) is 6.61. The molecule has 1 saturated heterocycles. The number of likely N-dealkylation sites (tertiary alicyclic amines) is 1. The molecule has 1 amide bonds. The number of aromatic nitrogens is 2. The number of nitrogens with two attached hydrogens (primary N) is 1. The van der Waals surface area contributed by atoms with Crippen LogP contribution in [0, 0.1) is 5.92 Å². The quantitative estimate of drug-likeness (QED) is 0.875. The van der Waals surface area contributed by atoms with E-state index < -0.39 is 0 Å². The maximum Gasteiger partial charge on any atom is 0.221 e. The second kappa shape index (κ2) is 5.83. The Balaban J connectivity index is 2.10. The van der Waals surface area contributed by atoms with Gasteiger partial charge < -0.3 is 15.2 Å². The van der Waals surface area contributed by atoms with E-state index >= 15 is 0 Å². The van der Waals surface area contributed by atoms with E-state index in [4.69, 9.17) is 5.73 Å². The summed E-state index contributed by atoms with van der Waals surface area (Å²) in [6.45, 7) is 3.77. The van der Waals surface area contributed by atoms with E-state index in [9.17, 15) is 4.79 Å². The van der Waals surface area contributed by atoms with Gasteiger partial charge in [0, 0.05) is 40.3 Å². The number of rotatable bonds is 4. The van der Waals surface area contributed by atoms with Crippen molar-refractivity contribution >= 4 is 11.9 Å². The van der Waals surface area contributed by atoms with Gasteiger partial charge in [0.25, 0.3) is 0 Å². The van der Waals surface area contributed by atoms with Gasteiger partial charge in [0.1, 0.15) is 0 Å². The first kappa shape index (κ1) is 14.8. The summed E-state index contributed by atoms with van der Waals surface area (Å²) in [6, 6.07) is 0.475. The Morgan fingerprint density at radius 3 is 2.75 bits per heavy atom. The van der Waals surface area contributed by atoms with Crippen molar-refractivity contribution in [2.45, 2.75) is 32.4 Å². The summed E-state index contributed by atoms with van der Waals surface area (Å²) < 4.78 is 2.10. The maximum atomic E-state index is 11.4. The first-order valence-electron chi connectivity index (χ1n) is 7.11. The number of piperidine rings is 1. The molecule has 112 valence electrons. The molecule has 1 aromatic rings. The molecule has 6 nitrogen and oxygen atoms in total. The van der Waals surface area contributed by atoms with Crippen molar-refractivity contribution in [1.82, 2.24) is 14.5 Å². The van der Waals surface area contributed by atoms with Gasteiger partial charge in [-0.25, -0.2) is 4.98 Å². The molecule has 1 aromatic heterocycles. The van der Waals surface area contributed by atoms with Gasteiger partial charge in [-0.05, 0) is 19.8 Å². The zero-order chi connectivity index (χ0) is 14.9. The highest BCUT2D eigenvalue weighted by Gasteiger charge is 2.29. The van der Waals surface area contributed by atoms with Crippen molar-refractivity contribution in [3.05, 3.63) is 11.9 Å². The molecule has 2 rings (SSSR count). The summed E-state index contributed by atoms with van der Waals surface area (Å²) in [5, 5.41) is 0. The minimum atomic E-state index is -0.180. The molecule has 6 heteroatoms. The number of imidazole rings is 1. The Kier molecular flexibility index (Phi) is 4.32. The largest absolute Gasteiger partial charge is 0.369 e. The number of hydrogen-bond donors (Lipinski definition) is 1. The summed E-state index contributed by atoms with van der Waals surface area (Å²) >= 11 is 0. The monoisotopic (exact) mass is 279 g/mol. The van der Waals surface area contributed by atoms with E-state index in [1.54, 1.807) is 0 Å². The van der Waals surface area contributed by atoms with E-state index in [1.165, 1.54) is 0 Å². The molecule has 2 N–H and O–H groups in total. The Hall–Kier alpha value is -1.56. The van der Waals surface area contributed by atoms with Crippen LogP contribution in [-0.2, 0) is 18.4 Å². The number of carbonyl (C=O) groups is 1. The molecule has 1 fully saturated rings. The van der Waals surface area contributed by atoms with E-state index in [1.807, 2.05) is 32.2 Å². The zero-order valence-corrected chi connectivity index (χ0v) is 12.8. The molecule has 0 radical (unpaired) electrons. The minimum absolute atomic E-state index is 0.0206. The third-order valence-corrected chi connectivity index (χ3v) is 4.24. The van der Waals surface area contributed by atoms with E-state index in [0.717, 1.165) is 37.6 Å². The Bertz CT molecular complexity index is 482. The summed E-state index contributed by atoms with van der Waals surface area (Å²) in [5.74, 6) is 0.741. The lowest BCUT2D eigenvalue weighted by molar-refractivity contribution is -0.124. The molecule has 0 aromatic carbocycles. The number of anilines is 1. The van der Waals surface area contributed by atoms with E-state index in [-0.39, 0.29) is 11.8 Å². The van der Waals surface area contributed by atoms with Crippen LogP contribution in [0.15, 0.2) is 6.20 Å². The van der Waals surface area contributed by atoms with Crippen molar-refractivity contribution in [2.24, 2.45) is 18.7 Å². The van der Waals surface area contributed by atoms with Crippen LogP contribution < -0.4 is 10.6 Å². The predicted octanol–water partition coefficient (Wildman–Crippen LogP) is 0.572. The molecular weight excluding hydrogens is 254 g/mol. The van der Waals surface area contributed by atoms with Gasteiger partial charge >= 0.3 is 0 Å². The second-order valence-electron chi connectivity index (χ2n) is 5.96. The van der Waals surface area contributed by atoms with Gasteiger partial charge in [-0.15, -0.1) is 0 Å². The Labute approximate surface area is 120 Å². The van der Waals surface area contributed by atoms with Gasteiger partial charge in [0.05, 0.1) is 17.8 Å². The number of hydrogen-bond acceptors (Lipinski definition) is 4. The van der Waals surface area contributed by atoms with Crippen LogP contribution in [0.4, 0.5) is 5.95 Å². The predicted molar refractivity (Wildman–Crippen MR) is 79.3 cm³/mol. The number of carbonyl (C=O) groups excluding carboxylic acids is 1. The van der Waals surface area contributed by atoms with Crippen LogP contribution in [-0.4, -0.2) is 47.0 Å². The van der Waals surface area contributed by atoms with Gasteiger partial charge in [-0.2, -0.15) is 0 Å². The topological polar surface area (TPSA) is 67.4 Å². The molecule has 2 unspecified atom stereocenters. The lowest BCUT2D eigenvalue weighted by Crippen LogP contribution is -2.45. The first-order valence-corrected chi connectivity index (χ1v) is 7.11. The van der Waals surface area contributed by atoms with Crippen LogP contribution in [0.2, 0.25) is 0 Å². The summed E-state index contributed by atoms with van der Waals surface area (Å²) in [7, 11) is 6.00. The standard InChI is InChI=1S/C14H25N5O/c1-10-5-6-11(13(15)20)8-19(10)9-12-7-16-14(17(2)3)18(12)4/h7,10-11H,5-6,8-9H2,1-4H3,(H2,15,20). The molecule has 2 atom stereocenters. The number of primary amides is 1. The van der Waals surface area contributed by atoms with Crippen LogP contribution in [0.3, 0.4) is 0 Å². The third-order valence-electron chi connectivity index (χ3n) is 4.24. The molecule has 0 bridgehead atoms. The van der Waals surface area contributed by atoms with Crippen LogP contribution >= 0.6 is 0 Å². The SMILES string of the molecule is CC1CCC(C(N)=O)CN1Cc1cnc(N(C)C)n1C. The normalized spacial score (nSPS) is 23.8. The Morgan fingerprint density at radius 2 is 2.20 bits per heavy atom. The lowest BCUT2D eigenvalue weighted by Gasteiger charge is -2.36. The second-order valence-corrected chi connectivity index (χ2v) is 5.96. The molecule has 20 heavy (non-hydrogen) atoms. The number of nitrogens with zero attached hydrogens (tertiary/aromatic N) is 4. The van der Waals surface area contributed by atoms with Crippen molar-refractivity contribution < 1.29 is 4.79 Å². The van der Waals surface area contributed by atoms with Crippen LogP contribution in [0.25, 0.3) is 0 Å². The lowest BCUT2D eigenvalue weighted by atomic mass is 9.93. The van der Waals surface area contributed by atoms with E-state index in [2.05, 4.69) is 21.4 Å². The average Bonchev–Trinajstić information content (AvgIpc) is 2.73. The smallest absolute Gasteiger partial charge is 0.221 e. The molecular formula is C14H25N5O. The van der Waals surface area contributed by atoms with Gasteiger partial charge in [-0.3, -0.25) is 9.69 Å². The van der Waals surface area contributed by atoms with E-state index in [0.29, 0.717) is 6.04 Å². The van der Waals surface area contributed by atoms with Gasteiger partial charge in [0.2, 0.25) is 11.9 Å². The molecule has 1 aliphatic heterocycles. The first-order chi connectivity index (χ1) is 9.40. The molecule has 0 spiro atoms. The fourth-order valence-electron chi connectivity index (χ4n) is 2.84.